The van der Waals surface area contributed by atoms with Crippen molar-refractivity contribution in [3.05, 3.63) is 17.5 Å². The van der Waals surface area contributed by atoms with E-state index < -0.39 is 0 Å². The monoisotopic (exact) mass is 250 g/mol. The molecule has 2 rings (SSSR count). The molecule has 1 aromatic heterocycles. The van der Waals surface area contributed by atoms with Crippen LogP contribution in [-0.2, 0) is 4.74 Å². The van der Waals surface area contributed by atoms with E-state index in [1.54, 1.807) is 18.0 Å². The van der Waals surface area contributed by atoms with Crippen LogP contribution in [0, 0.1) is 6.92 Å². The highest BCUT2D eigenvalue weighted by Crippen LogP contribution is 2.12. The fourth-order valence-electron chi connectivity index (χ4n) is 1.97. The quantitative estimate of drug-likeness (QED) is 0.836. The van der Waals surface area contributed by atoms with E-state index >= 15 is 0 Å². The maximum absolute atomic E-state index is 12.4. The highest BCUT2D eigenvalue weighted by Gasteiger charge is 2.26. The van der Waals surface area contributed by atoms with Gasteiger partial charge < -0.3 is 15.0 Å². The number of morpholine rings is 1. The van der Waals surface area contributed by atoms with Crippen LogP contribution < -0.4 is 5.32 Å². The van der Waals surface area contributed by atoms with Gasteiger partial charge in [0.1, 0.15) is 5.69 Å². The molecule has 0 bridgehead atoms. The van der Waals surface area contributed by atoms with Gasteiger partial charge in [0, 0.05) is 19.3 Å². The van der Waals surface area contributed by atoms with Crippen molar-refractivity contribution in [1.82, 2.24) is 14.9 Å². The van der Waals surface area contributed by atoms with Crippen molar-refractivity contribution in [3.8, 4) is 0 Å². The van der Waals surface area contributed by atoms with Crippen LogP contribution in [0.2, 0.25) is 0 Å². The van der Waals surface area contributed by atoms with Crippen molar-refractivity contribution in [3.63, 3.8) is 0 Å². The standard InChI is InChI=1S/C12H18N4O2/c1-8-6-10(15-12(13-3)14-8)11(17)16-4-5-18-7-9(16)2/h6,9H,4-5,7H2,1-3H3,(H,13,14,15). The van der Waals surface area contributed by atoms with E-state index in [2.05, 4.69) is 15.3 Å². The molecule has 1 amide bonds. The Labute approximate surface area is 106 Å². The molecule has 1 unspecified atom stereocenters. The van der Waals surface area contributed by atoms with E-state index in [1.165, 1.54) is 0 Å². The number of ether oxygens (including phenoxy) is 1. The van der Waals surface area contributed by atoms with Gasteiger partial charge in [-0.3, -0.25) is 4.79 Å². The molecule has 1 atom stereocenters. The van der Waals surface area contributed by atoms with Gasteiger partial charge in [0.2, 0.25) is 5.95 Å². The first kappa shape index (κ1) is 12.8. The van der Waals surface area contributed by atoms with E-state index in [0.717, 1.165) is 5.69 Å². The summed E-state index contributed by atoms with van der Waals surface area (Å²) in [6.45, 7) is 5.60. The van der Waals surface area contributed by atoms with E-state index in [1.807, 2.05) is 13.8 Å². The highest BCUT2D eigenvalue weighted by molar-refractivity contribution is 5.93. The lowest BCUT2D eigenvalue weighted by Crippen LogP contribution is -2.47. The van der Waals surface area contributed by atoms with Crippen LogP contribution in [-0.4, -0.2) is 53.6 Å². The average molecular weight is 250 g/mol. The predicted molar refractivity (Wildman–Crippen MR) is 67.6 cm³/mol. The lowest BCUT2D eigenvalue weighted by molar-refractivity contribution is 0.00326. The van der Waals surface area contributed by atoms with Gasteiger partial charge in [-0.05, 0) is 19.9 Å². The normalized spacial score (nSPS) is 19.7. The van der Waals surface area contributed by atoms with Gasteiger partial charge in [0.15, 0.2) is 0 Å². The minimum Gasteiger partial charge on any atom is -0.377 e. The van der Waals surface area contributed by atoms with Gasteiger partial charge in [-0.1, -0.05) is 0 Å². The van der Waals surface area contributed by atoms with Crippen LogP contribution in [0.3, 0.4) is 0 Å². The molecule has 1 aromatic rings. The third-order valence-corrected chi connectivity index (χ3v) is 2.93. The zero-order chi connectivity index (χ0) is 13.1. The Kier molecular flexibility index (Phi) is 3.76. The highest BCUT2D eigenvalue weighted by atomic mass is 16.5. The average Bonchev–Trinajstić information content (AvgIpc) is 2.37. The maximum Gasteiger partial charge on any atom is 0.273 e. The van der Waals surface area contributed by atoms with Crippen molar-refractivity contribution >= 4 is 11.9 Å². The van der Waals surface area contributed by atoms with Crippen molar-refractivity contribution in [2.75, 3.05) is 32.1 Å². The van der Waals surface area contributed by atoms with Crippen molar-refractivity contribution in [2.45, 2.75) is 19.9 Å². The summed E-state index contributed by atoms with van der Waals surface area (Å²) in [4.78, 5) is 22.6. The SMILES string of the molecule is CNc1nc(C)cc(C(=O)N2CCOCC2C)n1. The number of aryl methyl sites for hydroxylation is 1. The van der Waals surface area contributed by atoms with E-state index in [9.17, 15) is 4.79 Å². The summed E-state index contributed by atoms with van der Waals surface area (Å²) in [5.74, 6) is 0.409. The van der Waals surface area contributed by atoms with Crippen LogP contribution in [0.4, 0.5) is 5.95 Å². The molecule has 0 radical (unpaired) electrons. The summed E-state index contributed by atoms with van der Waals surface area (Å²) in [5.41, 5.74) is 1.21. The molecule has 1 saturated heterocycles. The van der Waals surface area contributed by atoms with Crippen molar-refractivity contribution in [1.29, 1.82) is 0 Å². The first-order valence-electron chi connectivity index (χ1n) is 6.04. The number of nitrogens with one attached hydrogen (secondary N) is 1. The number of carbonyl (C=O) groups is 1. The molecule has 6 heteroatoms. The van der Waals surface area contributed by atoms with Crippen molar-refractivity contribution in [2.24, 2.45) is 0 Å². The Morgan fingerprint density at radius 3 is 3.00 bits per heavy atom. The molecule has 0 spiro atoms. The van der Waals surface area contributed by atoms with Crippen LogP contribution in [0.5, 0.6) is 0 Å². The third kappa shape index (κ3) is 2.59. The van der Waals surface area contributed by atoms with E-state index in [4.69, 9.17) is 4.74 Å². The summed E-state index contributed by atoms with van der Waals surface area (Å²) in [6.07, 6.45) is 0. The molecule has 2 heterocycles. The van der Waals surface area contributed by atoms with Gasteiger partial charge in [-0.2, -0.15) is 0 Å². The maximum atomic E-state index is 12.4. The van der Waals surface area contributed by atoms with Gasteiger partial charge in [0.25, 0.3) is 5.91 Å². The second kappa shape index (κ2) is 5.30. The molecule has 0 aliphatic carbocycles. The summed E-state index contributed by atoms with van der Waals surface area (Å²) >= 11 is 0. The number of amides is 1. The number of nitrogens with zero attached hydrogens (tertiary/aromatic N) is 3. The molecule has 98 valence electrons. The fraction of sp³-hybridized carbons (Fsp3) is 0.583. The van der Waals surface area contributed by atoms with Crippen molar-refractivity contribution < 1.29 is 9.53 Å². The lowest BCUT2D eigenvalue weighted by Gasteiger charge is -2.33. The van der Waals surface area contributed by atoms with Gasteiger partial charge in [0.05, 0.1) is 19.3 Å². The molecule has 0 saturated carbocycles. The Hall–Kier alpha value is -1.69. The smallest absolute Gasteiger partial charge is 0.273 e. The number of hydrogen-bond donors (Lipinski definition) is 1. The summed E-state index contributed by atoms with van der Waals surface area (Å²) < 4.78 is 5.33. The fourth-order valence-corrected chi connectivity index (χ4v) is 1.97. The first-order chi connectivity index (χ1) is 8.61. The topological polar surface area (TPSA) is 67.4 Å². The molecule has 1 fully saturated rings. The minimum atomic E-state index is -0.0622. The molecule has 1 aliphatic rings. The lowest BCUT2D eigenvalue weighted by atomic mass is 10.2. The van der Waals surface area contributed by atoms with Crippen LogP contribution in [0.25, 0.3) is 0 Å². The number of carbonyl (C=O) groups excluding carboxylic acids is 1. The van der Waals surface area contributed by atoms with Crippen LogP contribution >= 0.6 is 0 Å². The molecule has 0 aromatic carbocycles. The van der Waals surface area contributed by atoms with Crippen LogP contribution in [0.1, 0.15) is 23.1 Å². The van der Waals surface area contributed by atoms with E-state index in [-0.39, 0.29) is 11.9 Å². The molecule has 1 N–H and O–H groups in total. The predicted octanol–water partition coefficient (Wildman–Crippen LogP) is 0.688. The largest absolute Gasteiger partial charge is 0.377 e. The third-order valence-electron chi connectivity index (χ3n) is 2.93. The second-order valence-corrected chi connectivity index (χ2v) is 4.39. The Morgan fingerprint density at radius 1 is 1.56 bits per heavy atom. The number of rotatable bonds is 2. The summed E-state index contributed by atoms with van der Waals surface area (Å²) in [7, 11) is 1.74. The second-order valence-electron chi connectivity index (χ2n) is 4.39. The Morgan fingerprint density at radius 2 is 2.33 bits per heavy atom. The molecule has 18 heavy (non-hydrogen) atoms. The molecule has 6 nitrogen and oxygen atoms in total. The van der Waals surface area contributed by atoms with E-state index in [0.29, 0.717) is 31.4 Å². The first-order valence-corrected chi connectivity index (χ1v) is 6.04. The molecular weight excluding hydrogens is 232 g/mol. The molecular formula is C12H18N4O2. The number of anilines is 1. The number of hydrogen-bond acceptors (Lipinski definition) is 5. The van der Waals surface area contributed by atoms with Crippen LogP contribution in [0.15, 0.2) is 6.07 Å². The number of aromatic nitrogens is 2. The summed E-state index contributed by atoms with van der Waals surface area (Å²) in [6, 6.07) is 1.80. The Balaban J connectivity index is 2.24. The van der Waals surface area contributed by atoms with Gasteiger partial charge in [-0.15, -0.1) is 0 Å². The zero-order valence-electron chi connectivity index (χ0n) is 10.9. The zero-order valence-corrected chi connectivity index (χ0v) is 10.9. The van der Waals surface area contributed by atoms with Gasteiger partial charge in [-0.25, -0.2) is 9.97 Å². The molecule has 1 aliphatic heterocycles. The Bertz CT molecular complexity index is 450. The van der Waals surface area contributed by atoms with Gasteiger partial charge >= 0.3 is 0 Å². The minimum absolute atomic E-state index is 0.0622. The summed E-state index contributed by atoms with van der Waals surface area (Å²) in [5, 5.41) is 2.86.